The Morgan fingerprint density at radius 3 is 1.67 bits per heavy atom. The van der Waals surface area contributed by atoms with Gasteiger partial charge in [-0.3, -0.25) is 14.5 Å². The molecule has 1 rings (SSSR count). The molecule has 1 aliphatic heterocycles. The van der Waals surface area contributed by atoms with Gasteiger partial charge in [-0.25, -0.2) is 0 Å². The molecule has 0 aromatic heterocycles. The number of ether oxygens (including phenoxy) is 1. The van der Waals surface area contributed by atoms with E-state index in [9.17, 15) is 9.59 Å². The van der Waals surface area contributed by atoms with Gasteiger partial charge in [0, 0.05) is 44.6 Å². The zero-order valence-corrected chi connectivity index (χ0v) is 21.6. The highest BCUT2D eigenvalue weighted by molar-refractivity contribution is 5.76. The number of rotatable bonds is 20. The number of carbonyl (C=O) groups excluding carboxylic acids is 2. The smallest absolute Gasteiger partial charge is 0.220 e. The van der Waals surface area contributed by atoms with Crippen molar-refractivity contribution in [2.75, 3.05) is 26.2 Å². The quantitative estimate of drug-likeness (QED) is 0.155. The lowest BCUT2D eigenvalue weighted by Crippen LogP contribution is -2.51. The largest absolute Gasteiger partial charge is 0.372 e. The molecule has 1 heterocycles. The van der Waals surface area contributed by atoms with Crippen LogP contribution < -0.4 is 10.6 Å². The molecule has 2 N–H and O–H groups in total. The van der Waals surface area contributed by atoms with Gasteiger partial charge in [0.1, 0.15) is 0 Å². The predicted octanol–water partition coefficient (Wildman–Crippen LogP) is 4.75. The van der Waals surface area contributed by atoms with E-state index in [4.69, 9.17) is 4.74 Å². The van der Waals surface area contributed by atoms with Gasteiger partial charge >= 0.3 is 0 Å². The molecule has 0 aromatic carbocycles. The summed E-state index contributed by atoms with van der Waals surface area (Å²) in [7, 11) is 0. The molecule has 2 amide bonds. The Morgan fingerprint density at radius 2 is 1.27 bits per heavy atom. The van der Waals surface area contributed by atoms with Crippen LogP contribution in [0.25, 0.3) is 0 Å². The molecule has 0 bridgehead atoms. The van der Waals surface area contributed by atoms with Crippen molar-refractivity contribution in [2.24, 2.45) is 0 Å². The van der Waals surface area contributed by atoms with Gasteiger partial charge < -0.3 is 15.4 Å². The van der Waals surface area contributed by atoms with Crippen molar-refractivity contribution in [2.45, 2.75) is 110 Å². The van der Waals surface area contributed by atoms with Crippen molar-refractivity contribution in [3.63, 3.8) is 0 Å². The predicted molar refractivity (Wildman–Crippen MR) is 137 cm³/mol. The SMILES string of the molecule is CCCC/C=C/CCC(=O)NCC(C)N(CC1CO1)C(C)CNC(=O)CC/C=C/CCCC. The minimum atomic E-state index is 0.0950. The second-order valence-corrected chi connectivity index (χ2v) is 9.26. The monoisotopic (exact) mass is 463 g/mol. The summed E-state index contributed by atoms with van der Waals surface area (Å²) < 4.78 is 5.45. The zero-order chi connectivity index (χ0) is 24.3. The van der Waals surface area contributed by atoms with Crippen molar-refractivity contribution in [1.82, 2.24) is 15.5 Å². The van der Waals surface area contributed by atoms with Crippen molar-refractivity contribution < 1.29 is 14.3 Å². The fourth-order valence-corrected chi connectivity index (χ4v) is 3.68. The van der Waals surface area contributed by atoms with Gasteiger partial charge in [0.2, 0.25) is 11.8 Å². The van der Waals surface area contributed by atoms with Crippen LogP contribution in [0, 0.1) is 0 Å². The van der Waals surface area contributed by atoms with Gasteiger partial charge in [0.05, 0.1) is 12.7 Å². The van der Waals surface area contributed by atoms with Crippen molar-refractivity contribution in [3.05, 3.63) is 24.3 Å². The van der Waals surface area contributed by atoms with E-state index in [-0.39, 0.29) is 30.0 Å². The molecule has 6 heteroatoms. The van der Waals surface area contributed by atoms with E-state index in [1.165, 1.54) is 25.7 Å². The highest BCUT2D eigenvalue weighted by Gasteiger charge is 2.30. The van der Waals surface area contributed by atoms with E-state index in [1.54, 1.807) is 0 Å². The first-order valence-corrected chi connectivity index (χ1v) is 13.2. The molecule has 0 aliphatic carbocycles. The first kappa shape index (κ1) is 29.4. The summed E-state index contributed by atoms with van der Waals surface area (Å²) in [4.78, 5) is 26.8. The lowest BCUT2D eigenvalue weighted by Gasteiger charge is -2.34. The minimum Gasteiger partial charge on any atom is -0.372 e. The van der Waals surface area contributed by atoms with Crippen LogP contribution in [0.1, 0.15) is 91.9 Å². The van der Waals surface area contributed by atoms with Gasteiger partial charge in [0.25, 0.3) is 0 Å². The molecule has 190 valence electrons. The Labute approximate surface area is 202 Å². The van der Waals surface area contributed by atoms with Crippen LogP contribution in [0.15, 0.2) is 24.3 Å². The Kier molecular flexibility index (Phi) is 16.7. The summed E-state index contributed by atoms with van der Waals surface area (Å²) in [5, 5.41) is 6.15. The lowest BCUT2D eigenvalue weighted by atomic mass is 10.1. The van der Waals surface area contributed by atoms with Crippen molar-refractivity contribution in [1.29, 1.82) is 0 Å². The molecule has 0 aromatic rings. The molecule has 0 spiro atoms. The van der Waals surface area contributed by atoms with Gasteiger partial charge in [-0.2, -0.15) is 0 Å². The standard InChI is InChI=1S/C27H49N3O3/c1-5-7-9-11-13-15-17-26(31)28-19-23(3)30(21-25-22-33-25)24(4)20-29-27(32)18-16-14-12-10-8-6-2/h11-14,23-25H,5-10,15-22H2,1-4H3,(H,28,31)(H,29,32)/b13-11+,14-12+. The molecule has 3 atom stereocenters. The van der Waals surface area contributed by atoms with E-state index in [1.807, 2.05) is 0 Å². The fraction of sp³-hybridized carbons (Fsp3) is 0.778. The zero-order valence-electron chi connectivity index (χ0n) is 21.6. The minimum absolute atomic E-state index is 0.0950. The van der Waals surface area contributed by atoms with Crippen LogP contribution in [0.2, 0.25) is 0 Å². The van der Waals surface area contributed by atoms with Gasteiger partial charge in [-0.15, -0.1) is 0 Å². The maximum Gasteiger partial charge on any atom is 0.220 e. The maximum atomic E-state index is 12.2. The summed E-state index contributed by atoms with van der Waals surface area (Å²) in [5.74, 6) is 0.190. The van der Waals surface area contributed by atoms with E-state index in [0.717, 1.165) is 38.8 Å². The summed E-state index contributed by atoms with van der Waals surface area (Å²) >= 11 is 0. The molecule has 33 heavy (non-hydrogen) atoms. The van der Waals surface area contributed by atoms with E-state index in [0.29, 0.717) is 25.9 Å². The number of unbranched alkanes of at least 4 members (excludes halogenated alkanes) is 4. The number of carbonyl (C=O) groups is 2. The van der Waals surface area contributed by atoms with Crippen LogP contribution in [0.4, 0.5) is 0 Å². The Balaban J connectivity index is 2.33. The van der Waals surface area contributed by atoms with E-state index >= 15 is 0 Å². The van der Waals surface area contributed by atoms with Crippen LogP contribution in [0.5, 0.6) is 0 Å². The van der Waals surface area contributed by atoms with Gasteiger partial charge in [-0.1, -0.05) is 63.8 Å². The van der Waals surface area contributed by atoms with Gasteiger partial charge in [-0.05, 0) is 39.5 Å². The molecule has 0 radical (unpaired) electrons. The Bertz CT molecular complexity index is 543. The number of hydrogen-bond acceptors (Lipinski definition) is 4. The number of nitrogens with zero attached hydrogens (tertiary/aromatic N) is 1. The lowest BCUT2D eigenvalue weighted by molar-refractivity contribution is -0.121. The average Bonchev–Trinajstić information content (AvgIpc) is 3.63. The van der Waals surface area contributed by atoms with E-state index in [2.05, 4.69) is 67.5 Å². The molecule has 3 unspecified atom stereocenters. The average molecular weight is 464 g/mol. The fourth-order valence-electron chi connectivity index (χ4n) is 3.68. The molecule has 1 aliphatic rings. The maximum absolute atomic E-state index is 12.2. The normalized spacial score (nSPS) is 17.5. The highest BCUT2D eigenvalue weighted by Crippen LogP contribution is 2.15. The van der Waals surface area contributed by atoms with E-state index < -0.39 is 0 Å². The highest BCUT2D eigenvalue weighted by atomic mass is 16.6. The topological polar surface area (TPSA) is 74.0 Å². The first-order chi connectivity index (χ1) is 16.0. The second kappa shape index (κ2) is 18.7. The van der Waals surface area contributed by atoms with Crippen LogP contribution >= 0.6 is 0 Å². The summed E-state index contributed by atoms with van der Waals surface area (Å²) in [6.45, 7) is 11.5. The van der Waals surface area contributed by atoms with Crippen LogP contribution in [0.3, 0.4) is 0 Å². The third kappa shape index (κ3) is 15.7. The second-order valence-electron chi connectivity index (χ2n) is 9.26. The number of nitrogens with one attached hydrogen (secondary N) is 2. The Hall–Kier alpha value is -1.66. The van der Waals surface area contributed by atoms with Gasteiger partial charge in [0.15, 0.2) is 0 Å². The molecule has 0 saturated carbocycles. The molecule has 1 saturated heterocycles. The number of amides is 2. The van der Waals surface area contributed by atoms with Crippen LogP contribution in [-0.4, -0.2) is 61.1 Å². The summed E-state index contributed by atoms with van der Waals surface area (Å²) in [6, 6.07) is 0.346. The van der Waals surface area contributed by atoms with Crippen molar-refractivity contribution in [3.8, 4) is 0 Å². The third-order valence-corrected chi connectivity index (χ3v) is 6.00. The molecule has 1 fully saturated rings. The van der Waals surface area contributed by atoms with Crippen LogP contribution in [-0.2, 0) is 14.3 Å². The molecular formula is C27H49N3O3. The number of allylic oxidation sites excluding steroid dienone is 4. The third-order valence-electron chi connectivity index (χ3n) is 6.00. The van der Waals surface area contributed by atoms with Crippen molar-refractivity contribution >= 4 is 11.8 Å². The summed E-state index contributed by atoms with van der Waals surface area (Å²) in [5.41, 5.74) is 0. The summed E-state index contributed by atoms with van der Waals surface area (Å²) in [6.07, 6.45) is 18.5. The number of hydrogen-bond donors (Lipinski definition) is 2. The number of epoxide rings is 1. The Morgan fingerprint density at radius 1 is 0.848 bits per heavy atom. The molecule has 6 nitrogen and oxygen atoms in total. The molecular weight excluding hydrogens is 414 g/mol. The first-order valence-electron chi connectivity index (χ1n) is 13.2.